The number of carbonyl (C=O) groups is 1. The van der Waals surface area contributed by atoms with Crippen LogP contribution in [0.25, 0.3) is 11.1 Å². The first-order chi connectivity index (χ1) is 10.7. The normalized spacial score (nSPS) is 15.7. The van der Waals surface area contributed by atoms with Gasteiger partial charge in [-0.05, 0) is 38.2 Å². The highest BCUT2D eigenvalue weighted by atomic mass is 32.1. The van der Waals surface area contributed by atoms with Crippen molar-refractivity contribution in [1.82, 2.24) is 0 Å². The highest BCUT2D eigenvalue weighted by molar-refractivity contribution is 7.16. The van der Waals surface area contributed by atoms with Gasteiger partial charge in [-0.15, -0.1) is 11.3 Å². The standard InChI is InChI=1S/C18H21NO2S/c1-12-15(13-8-4-2-5-9-13)16(17(19)22-12)18(20)21-14-10-6-3-7-11-14/h2,4-5,8-9,14H,3,6-7,10-11,19H2,1H3. The SMILES string of the molecule is Cc1sc(N)c(C(=O)OC2CCCCC2)c1-c1ccccc1. The maximum atomic E-state index is 12.6. The van der Waals surface area contributed by atoms with Crippen molar-refractivity contribution in [3.63, 3.8) is 0 Å². The second-order valence-corrected chi connectivity index (χ2v) is 7.06. The number of anilines is 1. The molecular weight excluding hydrogens is 294 g/mol. The van der Waals surface area contributed by atoms with E-state index in [-0.39, 0.29) is 12.1 Å². The topological polar surface area (TPSA) is 52.3 Å². The quantitative estimate of drug-likeness (QED) is 0.828. The van der Waals surface area contributed by atoms with Crippen LogP contribution in [0.15, 0.2) is 30.3 Å². The van der Waals surface area contributed by atoms with E-state index in [0.29, 0.717) is 10.6 Å². The minimum absolute atomic E-state index is 0.0458. The lowest BCUT2D eigenvalue weighted by molar-refractivity contribution is 0.0213. The van der Waals surface area contributed by atoms with Gasteiger partial charge in [0.2, 0.25) is 0 Å². The Balaban J connectivity index is 1.91. The van der Waals surface area contributed by atoms with Crippen molar-refractivity contribution in [1.29, 1.82) is 0 Å². The van der Waals surface area contributed by atoms with Crippen molar-refractivity contribution >= 4 is 22.3 Å². The van der Waals surface area contributed by atoms with Gasteiger partial charge in [0.05, 0.1) is 0 Å². The van der Waals surface area contributed by atoms with Crippen molar-refractivity contribution in [2.45, 2.75) is 45.1 Å². The highest BCUT2D eigenvalue weighted by Crippen LogP contribution is 2.39. The molecule has 1 aliphatic carbocycles. The Morgan fingerprint density at radius 1 is 1.18 bits per heavy atom. The van der Waals surface area contributed by atoms with Crippen LogP contribution in [0.1, 0.15) is 47.3 Å². The number of hydrogen-bond donors (Lipinski definition) is 1. The molecule has 0 saturated heterocycles. The molecular formula is C18H21NO2S. The van der Waals surface area contributed by atoms with Crippen LogP contribution in [0.5, 0.6) is 0 Å². The molecule has 4 heteroatoms. The first kappa shape index (κ1) is 15.1. The third-order valence-corrected chi connectivity index (χ3v) is 5.14. The van der Waals surface area contributed by atoms with Crippen molar-refractivity contribution < 1.29 is 9.53 Å². The van der Waals surface area contributed by atoms with E-state index in [2.05, 4.69) is 0 Å². The smallest absolute Gasteiger partial charge is 0.342 e. The first-order valence-corrected chi connectivity index (χ1v) is 8.63. The number of thiophene rings is 1. The average molecular weight is 315 g/mol. The molecule has 1 aromatic heterocycles. The minimum Gasteiger partial charge on any atom is -0.459 e. The van der Waals surface area contributed by atoms with Crippen molar-refractivity contribution in [3.05, 3.63) is 40.8 Å². The Kier molecular flexibility index (Phi) is 4.48. The summed E-state index contributed by atoms with van der Waals surface area (Å²) in [5.74, 6) is -0.271. The van der Waals surface area contributed by atoms with Gasteiger partial charge in [-0.25, -0.2) is 4.79 Å². The number of carbonyl (C=O) groups excluding carboxylic acids is 1. The van der Waals surface area contributed by atoms with Gasteiger partial charge >= 0.3 is 5.97 Å². The Labute approximate surface area is 135 Å². The Morgan fingerprint density at radius 3 is 2.55 bits per heavy atom. The van der Waals surface area contributed by atoms with E-state index in [1.807, 2.05) is 37.3 Å². The van der Waals surface area contributed by atoms with E-state index in [1.165, 1.54) is 17.8 Å². The molecule has 2 N–H and O–H groups in total. The molecule has 0 radical (unpaired) electrons. The molecule has 0 spiro atoms. The van der Waals surface area contributed by atoms with Gasteiger partial charge in [0, 0.05) is 10.4 Å². The molecule has 0 unspecified atom stereocenters. The molecule has 0 bridgehead atoms. The third kappa shape index (κ3) is 3.02. The number of nitrogens with two attached hydrogens (primary N) is 1. The summed E-state index contributed by atoms with van der Waals surface area (Å²) in [5.41, 5.74) is 8.58. The fraction of sp³-hybridized carbons (Fsp3) is 0.389. The lowest BCUT2D eigenvalue weighted by Gasteiger charge is -2.22. The Bertz CT molecular complexity index is 657. The summed E-state index contributed by atoms with van der Waals surface area (Å²) >= 11 is 1.46. The van der Waals surface area contributed by atoms with Gasteiger partial charge in [-0.3, -0.25) is 0 Å². The average Bonchev–Trinajstić information content (AvgIpc) is 2.83. The second-order valence-electron chi connectivity index (χ2n) is 5.80. The minimum atomic E-state index is -0.271. The van der Waals surface area contributed by atoms with Crippen LogP contribution in [0.4, 0.5) is 5.00 Å². The van der Waals surface area contributed by atoms with Gasteiger partial charge in [-0.2, -0.15) is 0 Å². The number of nitrogen functional groups attached to an aromatic ring is 1. The first-order valence-electron chi connectivity index (χ1n) is 7.82. The summed E-state index contributed by atoms with van der Waals surface area (Å²) in [6, 6.07) is 9.92. The van der Waals surface area contributed by atoms with Gasteiger partial charge in [0.15, 0.2) is 0 Å². The molecule has 1 saturated carbocycles. The van der Waals surface area contributed by atoms with E-state index < -0.39 is 0 Å². The second kappa shape index (κ2) is 6.53. The lowest BCUT2D eigenvalue weighted by atomic mass is 9.97. The number of esters is 1. The van der Waals surface area contributed by atoms with Gasteiger partial charge in [0.1, 0.15) is 16.7 Å². The van der Waals surface area contributed by atoms with Crippen LogP contribution < -0.4 is 5.73 Å². The molecule has 0 amide bonds. The molecule has 1 aromatic carbocycles. The number of benzene rings is 1. The van der Waals surface area contributed by atoms with Crippen LogP contribution >= 0.6 is 11.3 Å². The van der Waals surface area contributed by atoms with Crippen molar-refractivity contribution in [2.24, 2.45) is 0 Å². The predicted molar refractivity (Wildman–Crippen MR) is 91.2 cm³/mol. The van der Waals surface area contributed by atoms with Gasteiger partial charge in [0.25, 0.3) is 0 Å². The summed E-state index contributed by atoms with van der Waals surface area (Å²) in [6.07, 6.45) is 5.50. The van der Waals surface area contributed by atoms with E-state index in [0.717, 1.165) is 41.7 Å². The van der Waals surface area contributed by atoms with Crippen LogP contribution in [-0.2, 0) is 4.74 Å². The van der Waals surface area contributed by atoms with E-state index in [1.54, 1.807) is 0 Å². The third-order valence-electron chi connectivity index (χ3n) is 4.20. The zero-order chi connectivity index (χ0) is 15.5. The molecule has 22 heavy (non-hydrogen) atoms. The fourth-order valence-electron chi connectivity index (χ4n) is 3.11. The monoisotopic (exact) mass is 315 g/mol. The maximum absolute atomic E-state index is 12.6. The van der Waals surface area contributed by atoms with E-state index in [9.17, 15) is 4.79 Å². The van der Waals surface area contributed by atoms with Gasteiger partial charge in [-0.1, -0.05) is 36.8 Å². The maximum Gasteiger partial charge on any atom is 0.342 e. The molecule has 116 valence electrons. The summed E-state index contributed by atoms with van der Waals surface area (Å²) in [5, 5.41) is 0.553. The molecule has 0 atom stereocenters. The molecule has 0 aliphatic heterocycles. The number of rotatable bonds is 3. The van der Waals surface area contributed by atoms with Gasteiger partial charge < -0.3 is 10.5 Å². The number of hydrogen-bond acceptors (Lipinski definition) is 4. The summed E-state index contributed by atoms with van der Waals surface area (Å²) in [7, 11) is 0. The van der Waals surface area contributed by atoms with Crippen LogP contribution in [0, 0.1) is 6.92 Å². The molecule has 2 aromatic rings. The number of aryl methyl sites for hydroxylation is 1. The highest BCUT2D eigenvalue weighted by Gasteiger charge is 2.26. The lowest BCUT2D eigenvalue weighted by Crippen LogP contribution is -2.21. The van der Waals surface area contributed by atoms with Crippen LogP contribution in [0.2, 0.25) is 0 Å². The van der Waals surface area contributed by atoms with Crippen molar-refractivity contribution in [2.75, 3.05) is 5.73 Å². The fourth-order valence-corrected chi connectivity index (χ4v) is 4.05. The van der Waals surface area contributed by atoms with E-state index in [4.69, 9.17) is 10.5 Å². The Morgan fingerprint density at radius 2 is 1.86 bits per heavy atom. The van der Waals surface area contributed by atoms with Crippen LogP contribution in [-0.4, -0.2) is 12.1 Å². The molecule has 1 fully saturated rings. The molecule has 1 heterocycles. The summed E-state index contributed by atoms with van der Waals surface area (Å²) in [6.45, 7) is 2.00. The Hall–Kier alpha value is -1.81. The molecule has 3 rings (SSSR count). The molecule has 1 aliphatic rings. The number of ether oxygens (including phenoxy) is 1. The van der Waals surface area contributed by atoms with E-state index >= 15 is 0 Å². The van der Waals surface area contributed by atoms with Crippen molar-refractivity contribution in [3.8, 4) is 11.1 Å². The largest absolute Gasteiger partial charge is 0.459 e. The predicted octanol–water partition coefficient (Wildman–Crippen LogP) is 4.80. The zero-order valence-corrected chi connectivity index (χ0v) is 13.6. The summed E-state index contributed by atoms with van der Waals surface area (Å²) < 4.78 is 5.72. The summed E-state index contributed by atoms with van der Waals surface area (Å²) in [4.78, 5) is 13.7. The molecule has 3 nitrogen and oxygen atoms in total. The zero-order valence-electron chi connectivity index (χ0n) is 12.8. The van der Waals surface area contributed by atoms with Crippen LogP contribution in [0.3, 0.4) is 0 Å².